The zero-order chi connectivity index (χ0) is 13.1. The third-order valence-corrected chi connectivity index (χ3v) is 5.15. The van der Waals surface area contributed by atoms with Crippen LogP contribution in [-0.2, 0) is 16.8 Å². The molecule has 0 atom stereocenters. The van der Waals surface area contributed by atoms with E-state index in [1.54, 1.807) is 12.1 Å². The molecule has 1 heterocycles. The molecule has 7 heteroatoms. The van der Waals surface area contributed by atoms with E-state index in [1.807, 2.05) is 6.07 Å². The van der Waals surface area contributed by atoms with Crippen LogP contribution in [0, 0.1) is 0 Å². The maximum absolute atomic E-state index is 12.0. The highest BCUT2D eigenvalue weighted by molar-refractivity contribution is 7.86. The smallest absolute Gasteiger partial charge is 0.195 e. The van der Waals surface area contributed by atoms with Crippen LogP contribution >= 0.6 is 22.9 Å². The van der Waals surface area contributed by atoms with E-state index in [-0.39, 0.29) is 6.54 Å². The third-order valence-electron chi connectivity index (χ3n) is 2.08. The maximum Gasteiger partial charge on any atom is 0.282 e. The second-order valence-corrected chi connectivity index (χ2v) is 7.52. The lowest BCUT2D eigenvalue weighted by Gasteiger charge is -2.23. The van der Waals surface area contributed by atoms with Gasteiger partial charge in [0.05, 0.1) is 4.34 Å². The van der Waals surface area contributed by atoms with Crippen molar-refractivity contribution < 1.29 is 8.42 Å². The normalized spacial score (nSPS) is 12.3. The van der Waals surface area contributed by atoms with Crippen molar-refractivity contribution in [1.82, 2.24) is 8.61 Å². The molecule has 0 amide bonds. The topological polar surface area (TPSA) is 40.6 Å². The number of thiophene rings is 1. The summed E-state index contributed by atoms with van der Waals surface area (Å²) >= 11 is 7.19. The van der Waals surface area contributed by atoms with Crippen LogP contribution in [0.4, 0.5) is 0 Å². The molecule has 0 spiro atoms. The Labute approximate surface area is 111 Å². The van der Waals surface area contributed by atoms with Crippen molar-refractivity contribution in [1.29, 1.82) is 0 Å². The van der Waals surface area contributed by atoms with Crippen LogP contribution in [0.15, 0.2) is 24.8 Å². The fraction of sp³-hybridized carbons (Fsp3) is 0.400. The third kappa shape index (κ3) is 3.79. The molecule has 0 aromatic carbocycles. The predicted octanol–water partition coefficient (Wildman–Crippen LogP) is 2.20. The van der Waals surface area contributed by atoms with Gasteiger partial charge in [-0.2, -0.15) is 17.0 Å². The van der Waals surface area contributed by atoms with E-state index in [2.05, 4.69) is 6.58 Å². The summed E-state index contributed by atoms with van der Waals surface area (Å²) in [5.74, 6) is 0. The van der Waals surface area contributed by atoms with Crippen LogP contribution in [-0.4, -0.2) is 37.7 Å². The molecule has 0 unspecified atom stereocenters. The maximum atomic E-state index is 12.0. The molecule has 1 aromatic rings. The van der Waals surface area contributed by atoms with E-state index in [9.17, 15) is 8.42 Å². The molecular formula is C10H15ClN2O2S2. The molecule has 0 saturated carbocycles. The lowest BCUT2D eigenvalue weighted by molar-refractivity contribution is 0.395. The van der Waals surface area contributed by atoms with Gasteiger partial charge in [-0.05, 0) is 12.1 Å². The van der Waals surface area contributed by atoms with Gasteiger partial charge in [0, 0.05) is 32.1 Å². The fourth-order valence-electron chi connectivity index (χ4n) is 1.23. The van der Waals surface area contributed by atoms with Gasteiger partial charge in [0.25, 0.3) is 10.2 Å². The lowest BCUT2D eigenvalue weighted by atomic mass is 10.4. The Bertz CT molecular complexity index is 482. The van der Waals surface area contributed by atoms with Crippen molar-refractivity contribution in [2.45, 2.75) is 6.54 Å². The summed E-state index contributed by atoms with van der Waals surface area (Å²) in [6.07, 6.45) is 1.57. The standard InChI is InChI=1S/C10H15ClN2O2S2/c1-4-7-13(17(14,15)12(2)3)8-9-5-6-10(11)16-9/h4-6H,1,7-8H2,2-3H3. The van der Waals surface area contributed by atoms with Gasteiger partial charge >= 0.3 is 0 Å². The first kappa shape index (κ1) is 14.7. The Hall–Kier alpha value is -0.400. The summed E-state index contributed by atoms with van der Waals surface area (Å²) in [6.45, 7) is 4.16. The highest BCUT2D eigenvalue weighted by Gasteiger charge is 2.23. The first-order valence-corrected chi connectivity index (χ1v) is 7.49. The van der Waals surface area contributed by atoms with Crippen molar-refractivity contribution in [3.63, 3.8) is 0 Å². The second kappa shape index (κ2) is 5.97. The van der Waals surface area contributed by atoms with Crippen LogP contribution in [0.1, 0.15) is 4.88 Å². The van der Waals surface area contributed by atoms with Crippen molar-refractivity contribution in [3.05, 3.63) is 34.0 Å². The lowest BCUT2D eigenvalue weighted by Crippen LogP contribution is -2.39. The summed E-state index contributed by atoms with van der Waals surface area (Å²) in [4.78, 5) is 0.905. The number of nitrogens with zero attached hydrogens (tertiary/aromatic N) is 2. The highest BCUT2D eigenvalue weighted by Crippen LogP contribution is 2.23. The van der Waals surface area contributed by atoms with E-state index < -0.39 is 10.2 Å². The Morgan fingerprint density at radius 3 is 2.53 bits per heavy atom. The molecule has 96 valence electrons. The SMILES string of the molecule is C=CCN(Cc1ccc(Cl)s1)S(=O)(=O)N(C)C. The van der Waals surface area contributed by atoms with Gasteiger partial charge in [-0.3, -0.25) is 0 Å². The molecule has 0 aliphatic carbocycles. The molecule has 0 saturated heterocycles. The first-order chi connectivity index (χ1) is 7.87. The highest BCUT2D eigenvalue weighted by atomic mass is 35.5. The van der Waals surface area contributed by atoms with Crippen LogP contribution < -0.4 is 0 Å². The zero-order valence-corrected chi connectivity index (χ0v) is 12.1. The summed E-state index contributed by atoms with van der Waals surface area (Å²) < 4.78 is 27.2. The van der Waals surface area contributed by atoms with Gasteiger partial charge < -0.3 is 0 Å². The summed E-state index contributed by atoms with van der Waals surface area (Å²) in [6, 6.07) is 3.59. The van der Waals surface area contributed by atoms with Gasteiger partial charge in [0.15, 0.2) is 0 Å². The molecule has 0 N–H and O–H groups in total. The van der Waals surface area contributed by atoms with Crippen LogP contribution in [0.2, 0.25) is 4.34 Å². The van der Waals surface area contributed by atoms with E-state index >= 15 is 0 Å². The van der Waals surface area contributed by atoms with Gasteiger partial charge in [0.1, 0.15) is 0 Å². The van der Waals surface area contributed by atoms with E-state index in [0.717, 1.165) is 4.88 Å². The fourth-order valence-corrected chi connectivity index (χ4v) is 3.47. The van der Waals surface area contributed by atoms with Gasteiger partial charge in [-0.15, -0.1) is 17.9 Å². The molecule has 0 aliphatic heterocycles. The molecule has 4 nitrogen and oxygen atoms in total. The Balaban J connectivity index is 2.91. The predicted molar refractivity (Wildman–Crippen MR) is 72.5 cm³/mol. The summed E-state index contributed by atoms with van der Waals surface area (Å²) in [7, 11) is -0.418. The van der Waals surface area contributed by atoms with Crippen molar-refractivity contribution in [2.24, 2.45) is 0 Å². The van der Waals surface area contributed by atoms with Crippen molar-refractivity contribution >= 4 is 33.1 Å². The monoisotopic (exact) mass is 294 g/mol. The number of hydrogen-bond acceptors (Lipinski definition) is 3. The van der Waals surface area contributed by atoms with E-state index in [0.29, 0.717) is 10.9 Å². The molecule has 17 heavy (non-hydrogen) atoms. The number of halogens is 1. The minimum Gasteiger partial charge on any atom is -0.195 e. The van der Waals surface area contributed by atoms with Crippen LogP contribution in [0.3, 0.4) is 0 Å². The van der Waals surface area contributed by atoms with E-state index in [4.69, 9.17) is 11.6 Å². The van der Waals surface area contributed by atoms with Crippen molar-refractivity contribution in [3.8, 4) is 0 Å². The number of rotatable bonds is 6. The van der Waals surface area contributed by atoms with Gasteiger partial charge in [-0.1, -0.05) is 17.7 Å². The summed E-state index contributed by atoms with van der Waals surface area (Å²) in [5.41, 5.74) is 0. The largest absolute Gasteiger partial charge is 0.282 e. The second-order valence-electron chi connectivity index (χ2n) is 3.58. The summed E-state index contributed by atoms with van der Waals surface area (Å²) in [5, 5.41) is 0. The average molecular weight is 295 g/mol. The first-order valence-electron chi connectivity index (χ1n) is 4.90. The van der Waals surface area contributed by atoms with Crippen LogP contribution in [0.25, 0.3) is 0 Å². The molecule has 0 fully saturated rings. The Morgan fingerprint density at radius 1 is 1.47 bits per heavy atom. The molecular weight excluding hydrogens is 280 g/mol. The van der Waals surface area contributed by atoms with Crippen LogP contribution in [0.5, 0.6) is 0 Å². The van der Waals surface area contributed by atoms with Gasteiger partial charge in [-0.25, -0.2) is 0 Å². The van der Waals surface area contributed by atoms with Crippen molar-refractivity contribution in [2.75, 3.05) is 20.6 Å². The Kier molecular flexibility index (Phi) is 5.15. The van der Waals surface area contributed by atoms with E-state index in [1.165, 1.54) is 34.0 Å². The quantitative estimate of drug-likeness (QED) is 0.755. The number of hydrogen-bond donors (Lipinski definition) is 0. The molecule has 0 radical (unpaired) electrons. The minimum absolute atomic E-state index is 0.274. The molecule has 0 aliphatic rings. The van der Waals surface area contributed by atoms with Gasteiger partial charge in [0.2, 0.25) is 0 Å². The molecule has 1 aromatic heterocycles. The molecule has 0 bridgehead atoms. The Morgan fingerprint density at radius 2 is 2.12 bits per heavy atom. The zero-order valence-electron chi connectivity index (χ0n) is 9.76. The molecule has 1 rings (SSSR count). The minimum atomic E-state index is -3.43. The average Bonchev–Trinajstić information content (AvgIpc) is 2.63.